The summed E-state index contributed by atoms with van der Waals surface area (Å²) >= 11 is 0. The van der Waals surface area contributed by atoms with E-state index < -0.39 is 0 Å². The zero-order chi connectivity index (χ0) is 8.06. The Balaban J connectivity index is 2.23. The van der Waals surface area contributed by atoms with Crippen LogP contribution in [0.5, 0.6) is 0 Å². The van der Waals surface area contributed by atoms with E-state index >= 15 is 0 Å². The van der Waals surface area contributed by atoms with Crippen LogP contribution in [0.1, 0.15) is 33.1 Å². The third-order valence-corrected chi connectivity index (χ3v) is 3.87. The molecule has 3 rings (SSSR count). The van der Waals surface area contributed by atoms with Crippen LogP contribution in [0.4, 0.5) is 0 Å². The molecule has 0 aromatic carbocycles. The third kappa shape index (κ3) is 0.770. The van der Waals surface area contributed by atoms with E-state index in [0.717, 1.165) is 12.3 Å². The van der Waals surface area contributed by atoms with Crippen molar-refractivity contribution in [3.63, 3.8) is 0 Å². The molecule has 0 amide bonds. The number of rotatable bonds is 0. The van der Waals surface area contributed by atoms with E-state index in [1.54, 1.807) is 0 Å². The monoisotopic (exact) mass is 152 g/mol. The van der Waals surface area contributed by atoms with Gasteiger partial charge in [-0.15, -0.1) is 0 Å². The lowest BCUT2D eigenvalue weighted by atomic mass is 9.47. The Morgan fingerprint density at radius 1 is 1.55 bits per heavy atom. The Labute approximate surface area is 68.1 Å². The van der Waals surface area contributed by atoms with E-state index in [1.165, 1.54) is 24.7 Å². The van der Waals surface area contributed by atoms with Gasteiger partial charge >= 0.3 is 0 Å². The summed E-state index contributed by atoms with van der Waals surface area (Å²) in [4.78, 5) is 0. The van der Waals surface area contributed by atoms with Gasteiger partial charge in [0.25, 0.3) is 0 Å². The molecule has 3 aliphatic carbocycles. The van der Waals surface area contributed by atoms with Gasteiger partial charge in [-0.2, -0.15) is 0 Å². The first kappa shape index (κ1) is 7.20. The first-order valence-corrected chi connectivity index (χ1v) is 4.49. The fraction of sp³-hybridized carbons (Fsp3) is 0.800. The predicted octanol–water partition coefficient (Wildman–Crippen LogP) is 2.88. The van der Waals surface area contributed by atoms with Crippen LogP contribution in [0.15, 0.2) is 11.8 Å². The zero-order valence-electron chi connectivity index (χ0n) is 7.30. The van der Waals surface area contributed by atoms with Gasteiger partial charge in [0.2, 0.25) is 0 Å². The molecule has 0 radical (unpaired) electrons. The van der Waals surface area contributed by atoms with Gasteiger partial charge in [-0.05, 0) is 42.1 Å². The molecule has 11 heavy (non-hydrogen) atoms. The van der Waals surface area contributed by atoms with E-state index in [0.29, 0.717) is 11.3 Å². The molecule has 0 saturated heterocycles. The van der Waals surface area contributed by atoms with Gasteiger partial charge in [-0.3, -0.25) is 0 Å². The Morgan fingerprint density at radius 2 is 2.27 bits per heavy atom. The highest BCUT2D eigenvalue weighted by Gasteiger charge is 2.52. The molecule has 2 bridgehead atoms. The minimum absolute atomic E-state index is 0.479. The highest BCUT2D eigenvalue weighted by atomic mass is 16.2. The van der Waals surface area contributed by atoms with Crippen molar-refractivity contribution in [2.45, 2.75) is 33.1 Å². The topological polar surface area (TPSA) is 20.2 Å². The predicted molar refractivity (Wildman–Crippen MR) is 45.3 cm³/mol. The maximum absolute atomic E-state index is 8.96. The molecule has 3 aliphatic rings. The zero-order valence-corrected chi connectivity index (χ0v) is 7.30. The summed E-state index contributed by atoms with van der Waals surface area (Å²) in [5.41, 5.74) is 1.77. The molecular weight excluding hydrogens is 136 g/mol. The second-order valence-corrected chi connectivity index (χ2v) is 4.55. The lowest BCUT2D eigenvalue weighted by Gasteiger charge is -2.57. The average Bonchev–Trinajstić information content (AvgIpc) is 2.04. The molecule has 0 aromatic rings. The smallest absolute Gasteiger partial charge is 0.0786 e. The van der Waals surface area contributed by atoms with Crippen molar-refractivity contribution in [3.8, 4) is 0 Å². The second-order valence-electron chi connectivity index (χ2n) is 4.55. The van der Waals surface area contributed by atoms with Gasteiger partial charge in [0.1, 0.15) is 0 Å². The molecule has 3 fully saturated rings. The van der Waals surface area contributed by atoms with Gasteiger partial charge < -0.3 is 5.11 Å². The quantitative estimate of drug-likeness (QED) is 0.529. The van der Waals surface area contributed by atoms with Crippen LogP contribution in [0.25, 0.3) is 0 Å². The summed E-state index contributed by atoms with van der Waals surface area (Å²) < 4.78 is 0. The number of fused-ring (bicyclic) bond motifs is 2. The minimum Gasteiger partial charge on any atom is -0.516 e. The van der Waals surface area contributed by atoms with E-state index in [-0.39, 0.29) is 0 Å². The SMILES string of the molecule is CC1(C)C2CC/C(=C\O)C1C2. The molecule has 0 aromatic heterocycles. The molecule has 2 atom stereocenters. The molecule has 62 valence electrons. The van der Waals surface area contributed by atoms with Crippen molar-refractivity contribution < 1.29 is 5.11 Å². The van der Waals surface area contributed by atoms with Gasteiger partial charge in [-0.25, -0.2) is 0 Å². The molecule has 1 heteroatoms. The number of hydrogen-bond donors (Lipinski definition) is 1. The Kier molecular flexibility index (Phi) is 1.33. The summed E-state index contributed by atoms with van der Waals surface area (Å²) in [6, 6.07) is 0. The maximum atomic E-state index is 8.96. The van der Waals surface area contributed by atoms with Crippen molar-refractivity contribution in [3.05, 3.63) is 11.8 Å². The first-order valence-electron chi connectivity index (χ1n) is 4.49. The summed E-state index contributed by atoms with van der Waals surface area (Å²) in [5.74, 6) is 1.61. The largest absolute Gasteiger partial charge is 0.516 e. The van der Waals surface area contributed by atoms with E-state index in [2.05, 4.69) is 13.8 Å². The van der Waals surface area contributed by atoms with Crippen LogP contribution in [0.2, 0.25) is 0 Å². The number of allylic oxidation sites excluding steroid dienone is 1. The van der Waals surface area contributed by atoms with Gasteiger partial charge in [0.15, 0.2) is 0 Å². The van der Waals surface area contributed by atoms with Crippen LogP contribution < -0.4 is 0 Å². The fourth-order valence-electron chi connectivity index (χ4n) is 2.80. The number of hydrogen-bond acceptors (Lipinski definition) is 1. The molecule has 1 nitrogen and oxygen atoms in total. The van der Waals surface area contributed by atoms with Crippen molar-refractivity contribution in [1.29, 1.82) is 0 Å². The Bertz CT molecular complexity index is 201. The highest BCUT2D eigenvalue weighted by Crippen LogP contribution is 2.60. The molecule has 0 aliphatic heterocycles. The van der Waals surface area contributed by atoms with Crippen LogP contribution in [-0.4, -0.2) is 5.11 Å². The molecule has 0 heterocycles. The summed E-state index contributed by atoms with van der Waals surface area (Å²) in [5, 5.41) is 8.96. The molecule has 1 N–H and O–H groups in total. The number of aliphatic hydroxyl groups excluding tert-OH is 1. The minimum atomic E-state index is 0.479. The Hall–Kier alpha value is -0.460. The van der Waals surface area contributed by atoms with E-state index in [4.69, 9.17) is 5.11 Å². The van der Waals surface area contributed by atoms with Crippen LogP contribution in [-0.2, 0) is 0 Å². The van der Waals surface area contributed by atoms with Crippen LogP contribution in [0.3, 0.4) is 0 Å². The second kappa shape index (κ2) is 2.02. The van der Waals surface area contributed by atoms with Crippen LogP contribution in [0, 0.1) is 17.3 Å². The van der Waals surface area contributed by atoms with E-state index in [1.807, 2.05) is 0 Å². The molecule has 3 saturated carbocycles. The highest BCUT2D eigenvalue weighted by molar-refractivity contribution is 5.19. The lowest BCUT2D eigenvalue weighted by Crippen LogP contribution is -2.49. The third-order valence-electron chi connectivity index (χ3n) is 3.87. The maximum Gasteiger partial charge on any atom is 0.0786 e. The normalized spacial score (nSPS) is 43.6. The molecular formula is C10H16O. The fourth-order valence-corrected chi connectivity index (χ4v) is 2.80. The van der Waals surface area contributed by atoms with Gasteiger partial charge in [0.05, 0.1) is 6.26 Å². The van der Waals surface area contributed by atoms with Crippen molar-refractivity contribution in [1.82, 2.24) is 0 Å². The summed E-state index contributed by atoms with van der Waals surface area (Å²) in [7, 11) is 0. The van der Waals surface area contributed by atoms with Crippen molar-refractivity contribution in [2.75, 3.05) is 0 Å². The molecule has 2 unspecified atom stereocenters. The molecule has 0 spiro atoms. The summed E-state index contributed by atoms with van der Waals surface area (Å²) in [6.45, 7) is 4.66. The van der Waals surface area contributed by atoms with Gasteiger partial charge in [-0.1, -0.05) is 13.8 Å². The standard InChI is InChI=1S/C10H16O/c1-10(2)8-4-3-7(6-11)9(10)5-8/h6,8-9,11H,3-5H2,1-2H3/b7-6+. The number of aliphatic hydroxyl groups is 1. The lowest BCUT2D eigenvalue weighted by molar-refractivity contribution is -0.0294. The summed E-state index contributed by atoms with van der Waals surface area (Å²) in [6.07, 6.45) is 5.09. The average molecular weight is 152 g/mol. The van der Waals surface area contributed by atoms with Crippen molar-refractivity contribution in [2.24, 2.45) is 17.3 Å². The van der Waals surface area contributed by atoms with Crippen molar-refractivity contribution >= 4 is 0 Å². The van der Waals surface area contributed by atoms with E-state index in [9.17, 15) is 0 Å². The Morgan fingerprint density at radius 3 is 2.64 bits per heavy atom. The van der Waals surface area contributed by atoms with Gasteiger partial charge in [0, 0.05) is 0 Å². The van der Waals surface area contributed by atoms with Crippen LogP contribution >= 0.6 is 0 Å². The first-order chi connectivity index (χ1) is 5.16.